The predicted molar refractivity (Wildman–Crippen MR) is 95.2 cm³/mol. The molecular weight excluding hydrogens is 390 g/mol. The summed E-state index contributed by atoms with van der Waals surface area (Å²) < 4.78 is 61.8. The van der Waals surface area contributed by atoms with E-state index in [4.69, 9.17) is 9.29 Å². The normalized spacial score (nSPS) is 40.4. The molecule has 0 aliphatic heterocycles. The number of benzene rings is 1. The second kappa shape index (κ2) is 5.14. The van der Waals surface area contributed by atoms with E-state index in [1.54, 1.807) is 0 Å². The Hall–Kier alpha value is -1.54. The molecule has 4 saturated carbocycles. The maximum Gasteiger partial charge on any atom is 0.465 e. The molecule has 1 N–H and O–H groups in total. The Balaban J connectivity index is 1.35. The largest absolute Gasteiger partial charge is 0.465 e. The number of hydrogen-bond donors (Lipinski definition) is 1. The third kappa shape index (κ3) is 2.08. The number of esters is 1. The molecule has 0 heterocycles. The molecule has 5 atom stereocenters. The van der Waals surface area contributed by atoms with Crippen LogP contribution in [0.1, 0.15) is 43.2 Å². The van der Waals surface area contributed by atoms with Crippen LogP contribution >= 0.6 is 0 Å². The van der Waals surface area contributed by atoms with Gasteiger partial charge < -0.3 is 4.74 Å². The van der Waals surface area contributed by atoms with Crippen molar-refractivity contribution in [1.29, 1.82) is 0 Å². The molecule has 0 radical (unpaired) electrons. The van der Waals surface area contributed by atoms with Gasteiger partial charge in [0.15, 0.2) is 0 Å². The quantitative estimate of drug-likeness (QED) is 0.592. The Kier molecular flexibility index (Phi) is 3.39. The van der Waals surface area contributed by atoms with Crippen molar-refractivity contribution in [3.05, 3.63) is 35.4 Å². The summed E-state index contributed by atoms with van der Waals surface area (Å²) in [5.41, 5.74) is 2.38. The minimum Gasteiger partial charge on any atom is -0.460 e. The molecule has 5 rings (SSSR count). The fourth-order valence-electron chi connectivity index (χ4n) is 7.04. The van der Waals surface area contributed by atoms with Crippen molar-refractivity contribution in [1.82, 2.24) is 0 Å². The molecule has 4 aliphatic carbocycles. The molecule has 0 saturated heterocycles. The highest BCUT2D eigenvalue weighted by Crippen LogP contribution is 2.90. The highest BCUT2D eigenvalue weighted by atomic mass is 32.2. The molecule has 1 aromatic rings. The fraction of sp³-hybridized carbons (Fsp3) is 0.650. The van der Waals surface area contributed by atoms with Crippen LogP contribution in [0.15, 0.2) is 24.3 Å². The highest BCUT2D eigenvalue weighted by molar-refractivity contribution is 7.87. The molecule has 2 bridgehead atoms. The summed E-state index contributed by atoms with van der Waals surface area (Å²) in [6.07, 6.45) is 4.81. The van der Waals surface area contributed by atoms with Crippen molar-refractivity contribution < 1.29 is 31.3 Å². The number of ether oxygens (including phenoxy) is 1. The van der Waals surface area contributed by atoms with E-state index in [9.17, 15) is 22.0 Å². The van der Waals surface area contributed by atoms with E-state index >= 15 is 0 Å². The van der Waals surface area contributed by atoms with E-state index in [1.165, 1.54) is 11.1 Å². The highest BCUT2D eigenvalue weighted by Gasteiger charge is 2.85. The Morgan fingerprint density at radius 3 is 2.57 bits per heavy atom. The molecule has 1 spiro atoms. The third-order valence-corrected chi connectivity index (χ3v) is 8.93. The second-order valence-corrected chi connectivity index (χ2v) is 10.9. The van der Waals surface area contributed by atoms with Gasteiger partial charge in [-0.1, -0.05) is 29.8 Å². The van der Waals surface area contributed by atoms with E-state index < -0.39 is 21.3 Å². The first-order valence-corrected chi connectivity index (χ1v) is 11.0. The number of carbonyl (C=O) groups is 1. The zero-order valence-corrected chi connectivity index (χ0v) is 16.3. The molecule has 4 fully saturated rings. The molecule has 28 heavy (non-hydrogen) atoms. The maximum absolute atomic E-state index is 13.5. The van der Waals surface area contributed by atoms with Gasteiger partial charge in [0.25, 0.3) is 0 Å². The van der Waals surface area contributed by atoms with Crippen LogP contribution in [0.4, 0.5) is 8.78 Å². The first-order chi connectivity index (χ1) is 13.0. The van der Waals surface area contributed by atoms with Crippen LogP contribution in [0.3, 0.4) is 0 Å². The Morgan fingerprint density at radius 2 is 1.93 bits per heavy atom. The van der Waals surface area contributed by atoms with Crippen LogP contribution in [0.25, 0.3) is 0 Å². The lowest BCUT2D eigenvalue weighted by molar-refractivity contribution is -0.165. The summed E-state index contributed by atoms with van der Waals surface area (Å²) in [5.74, 6) is -1.26. The molecule has 5 nitrogen and oxygen atoms in total. The minimum absolute atomic E-state index is 0.0124. The molecule has 0 aromatic heterocycles. The van der Waals surface area contributed by atoms with E-state index in [0.717, 1.165) is 32.1 Å². The van der Waals surface area contributed by atoms with Gasteiger partial charge in [0, 0.05) is 5.41 Å². The number of hydrogen-bond acceptors (Lipinski definition) is 4. The SMILES string of the molecule is Cc1ccc(C23CC4CC2C2(C3)CC2(COC(=O)C(F)(F)S(=O)(=O)O)C4)cc1. The summed E-state index contributed by atoms with van der Waals surface area (Å²) in [4.78, 5) is 11.6. The van der Waals surface area contributed by atoms with Gasteiger partial charge in [-0.15, -0.1) is 0 Å². The van der Waals surface area contributed by atoms with Crippen molar-refractivity contribution in [2.75, 3.05) is 6.61 Å². The van der Waals surface area contributed by atoms with E-state index in [2.05, 4.69) is 31.2 Å². The summed E-state index contributed by atoms with van der Waals surface area (Å²) in [6.45, 7) is 1.85. The third-order valence-electron chi connectivity index (χ3n) is 8.12. The molecule has 1 aromatic carbocycles. The number of carbonyl (C=O) groups excluding carboxylic acids is 1. The van der Waals surface area contributed by atoms with Gasteiger partial charge in [-0.3, -0.25) is 4.55 Å². The summed E-state index contributed by atoms with van der Waals surface area (Å²) in [6, 6.07) is 8.63. The van der Waals surface area contributed by atoms with Gasteiger partial charge in [0.05, 0.1) is 6.61 Å². The second-order valence-electron chi connectivity index (χ2n) is 9.44. The zero-order chi connectivity index (χ0) is 20.2. The summed E-state index contributed by atoms with van der Waals surface area (Å²) >= 11 is 0. The zero-order valence-electron chi connectivity index (χ0n) is 15.5. The van der Waals surface area contributed by atoms with Crippen molar-refractivity contribution in [2.24, 2.45) is 22.7 Å². The average molecular weight is 412 g/mol. The molecule has 8 heteroatoms. The van der Waals surface area contributed by atoms with Crippen LogP contribution in [0, 0.1) is 29.6 Å². The van der Waals surface area contributed by atoms with Gasteiger partial charge in [-0.25, -0.2) is 4.79 Å². The van der Waals surface area contributed by atoms with Crippen LogP contribution in [0.5, 0.6) is 0 Å². The molecule has 152 valence electrons. The van der Waals surface area contributed by atoms with Crippen LogP contribution in [-0.2, 0) is 25.1 Å². The fourth-order valence-corrected chi connectivity index (χ4v) is 7.31. The number of rotatable bonds is 5. The number of halogens is 2. The monoisotopic (exact) mass is 412 g/mol. The Bertz CT molecular complexity index is 975. The van der Waals surface area contributed by atoms with Crippen molar-refractivity contribution in [3.63, 3.8) is 0 Å². The molecule has 4 aliphatic rings. The van der Waals surface area contributed by atoms with Crippen LogP contribution < -0.4 is 0 Å². The lowest BCUT2D eigenvalue weighted by atomic mass is 9.48. The van der Waals surface area contributed by atoms with Gasteiger partial charge in [0.1, 0.15) is 0 Å². The van der Waals surface area contributed by atoms with Crippen LogP contribution in [0.2, 0.25) is 0 Å². The van der Waals surface area contributed by atoms with Crippen LogP contribution in [-0.4, -0.2) is 30.8 Å². The van der Waals surface area contributed by atoms with Crippen molar-refractivity contribution in [2.45, 2.75) is 49.7 Å². The van der Waals surface area contributed by atoms with Crippen molar-refractivity contribution in [3.8, 4) is 0 Å². The van der Waals surface area contributed by atoms with E-state index in [-0.39, 0.29) is 22.9 Å². The lowest BCUT2D eigenvalue weighted by Crippen LogP contribution is -2.52. The molecule has 5 unspecified atom stereocenters. The lowest BCUT2D eigenvalue weighted by Gasteiger charge is -2.56. The summed E-state index contributed by atoms with van der Waals surface area (Å²) in [5, 5.41) is -4.93. The first kappa shape index (κ1) is 18.5. The Labute approximate surface area is 162 Å². The number of aryl methyl sites for hydroxylation is 1. The number of alkyl halides is 2. The summed E-state index contributed by atoms with van der Waals surface area (Å²) in [7, 11) is -5.83. The van der Waals surface area contributed by atoms with Gasteiger partial charge >= 0.3 is 21.3 Å². The standard InChI is InChI=1S/C20H22F2O5S/c1-12-2-4-14(5-3-12)18-8-13-6-15(18)19(10-18)9-17(19,7-13)11-27-16(23)20(21,22)28(24,25)26/h2-5,13,15H,6-11H2,1H3,(H,24,25,26). The van der Waals surface area contributed by atoms with Gasteiger partial charge in [0.2, 0.25) is 0 Å². The maximum atomic E-state index is 13.5. The van der Waals surface area contributed by atoms with Gasteiger partial charge in [-0.05, 0) is 67.3 Å². The van der Waals surface area contributed by atoms with E-state index in [1.807, 2.05) is 0 Å². The predicted octanol–water partition coefficient (Wildman–Crippen LogP) is 3.47. The average Bonchev–Trinajstić information content (AvgIpc) is 3.21. The first-order valence-electron chi connectivity index (χ1n) is 9.55. The van der Waals surface area contributed by atoms with Crippen molar-refractivity contribution >= 4 is 16.1 Å². The Morgan fingerprint density at radius 1 is 1.25 bits per heavy atom. The van der Waals surface area contributed by atoms with Gasteiger partial charge in [-0.2, -0.15) is 17.2 Å². The minimum atomic E-state index is -5.83. The molecular formula is C20H22F2O5S. The molecule has 0 amide bonds. The smallest absolute Gasteiger partial charge is 0.460 e. The van der Waals surface area contributed by atoms with E-state index in [0.29, 0.717) is 11.8 Å². The number of fused-ring (bicyclic) bond motifs is 1. The topological polar surface area (TPSA) is 80.7 Å².